The molecule has 0 saturated heterocycles. The summed E-state index contributed by atoms with van der Waals surface area (Å²) in [5.41, 5.74) is 2.10. The maximum Gasteiger partial charge on any atom is 0.264 e. The number of benzene rings is 2. The molecule has 10 heteroatoms. The highest BCUT2D eigenvalue weighted by atomic mass is 35.5. The number of ether oxygens (including phenoxy) is 1. The summed E-state index contributed by atoms with van der Waals surface area (Å²) in [6, 6.07) is 11.0. The first-order valence-electron chi connectivity index (χ1n) is 9.34. The normalized spacial score (nSPS) is 11.2. The Kier molecular flexibility index (Phi) is 9.23. The van der Waals surface area contributed by atoms with E-state index in [1.807, 2.05) is 0 Å². The van der Waals surface area contributed by atoms with Gasteiger partial charge in [0.25, 0.3) is 10.0 Å². The van der Waals surface area contributed by atoms with E-state index in [1.54, 1.807) is 29.7 Å². The SMILES string of the molecule is COc1ccc(N(CCCCCCC(=O)NO)S(=O)(=O)c2ccc(Cl)c(Cl)c2)cc1. The molecule has 7 nitrogen and oxygen atoms in total. The summed E-state index contributed by atoms with van der Waals surface area (Å²) in [7, 11) is -2.33. The summed E-state index contributed by atoms with van der Waals surface area (Å²) in [5, 5.41) is 8.95. The molecule has 0 unspecified atom stereocenters. The van der Waals surface area contributed by atoms with E-state index in [2.05, 4.69) is 0 Å². The Morgan fingerprint density at radius 3 is 2.30 bits per heavy atom. The van der Waals surface area contributed by atoms with Crippen molar-refractivity contribution < 1.29 is 23.2 Å². The number of nitrogens with one attached hydrogen (secondary N) is 1. The van der Waals surface area contributed by atoms with Crippen molar-refractivity contribution in [3.63, 3.8) is 0 Å². The van der Waals surface area contributed by atoms with Gasteiger partial charge in [0, 0.05) is 13.0 Å². The summed E-state index contributed by atoms with van der Waals surface area (Å²) in [6.45, 7) is 0.251. The van der Waals surface area contributed by atoms with Crippen LogP contribution in [0.5, 0.6) is 5.75 Å². The maximum atomic E-state index is 13.3. The van der Waals surface area contributed by atoms with E-state index in [4.69, 9.17) is 33.1 Å². The van der Waals surface area contributed by atoms with Crippen molar-refractivity contribution in [1.82, 2.24) is 5.48 Å². The van der Waals surface area contributed by atoms with Crippen molar-refractivity contribution >= 4 is 44.8 Å². The van der Waals surface area contributed by atoms with Gasteiger partial charge in [-0.05, 0) is 55.3 Å². The lowest BCUT2D eigenvalue weighted by Crippen LogP contribution is -2.32. The number of nitrogens with zero attached hydrogens (tertiary/aromatic N) is 1. The molecule has 0 aliphatic heterocycles. The van der Waals surface area contributed by atoms with E-state index in [1.165, 1.54) is 29.6 Å². The molecule has 0 aliphatic carbocycles. The zero-order valence-corrected chi connectivity index (χ0v) is 18.8. The second-order valence-electron chi connectivity index (χ2n) is 6.55. The number of hydroxylamine groups is 1. The Balaban J connectivity index is 2.18. The number of carbonyl (C=O) groups excluding carboxylic acids is 1. The molecule has 0 radical (unpaired) electrons. The number of hydrogen-bond donors (Lipinski definition) is 2. The highest BCUT2D eigenvalue weighted by molar-refractivity contribution is 7.92. The molecule has 0 fully saturated rings. The molecular formula is C20H24Cl2N2O5S. The van der Waals surface area contributed by atoms with Gasteiger partial charge in [0.15, 0.2) is 0 Å². The first kappa shape index (κ1) is 24.3. The smallest absolute Gasteiger partial charge is 0.264 e. The number of rotatable bonds is 11. The highest BCUT2D eigenvalue weighted by Crippen LogP contribution is 2.30. The van der Waals surface area contributed by atoms with Gasteiger partial charge in [0.1, 0.15) is 5.75 Å². The Hall–Kier alpha value is -2.00. The summed E-state index contributed by atoms with van der Waals surface area (Å²) in [5.74, 6) is 0.185. The molecule has 0 atom stereocenters. The summed E-state index contributed by atoms with van der Waals surface area (Å²) in [4.78, 5) is 11.1. The summed E-state index contributed by atoms with van der Waals surface area (Å²) >= 11 is 12.0. The highest BCUT2D eigenvalue weighted by Gasteiger charge is 2.25. The third kappa shape index (κ3) is 6.50. The predicted molar refractivity (Wildman–Crippen MR) is 117 cm³/mol. The fourth-order valence-corrected chi connectivity index (χ4v) is 4.74. The standard InChI is InChI=1S/C20H24Cl2N2O5S/c1-29-16-9-7-15(8-10-16)24(13-5-3-2-4-6-20(25)23-26)30(27,28)17-11-12-18(21)19(22)14-17/h7-12,14,26H,2-6,13H2,1H3,(H,23,25). The van der Waals surface area contributed by atoms with E-state index in [9.17, 15) is 13.2 Å². The van der Waals surface area contributed by atoms with Crippen molar-refractivity contribution in [3.8, 4) is 5.75 Å². The van der Waals surface area contributed by atoms with Crippen molar-refractivity contribution in [2.75, 3.05) is 18.0 Å². The lowest BCUT2D eigenvalue weighted by atomic mass is 10.1. The maximum absolute atomic E-state index is 13.3. The minimum Gasteiger partial charge on any atom is -0.497 e. The van der Waals surface area contributed by atoms with Gasteiger partial charge in [-0.25, -0.2) is 13.9 Å². The second kappa shape index (κ2) is 11.4. The third-order valence-electron chi connectivity index (χ3n) is 4.48. The lowest BCUT2D eigenvalue weighted by Gasteiger charge is -2.25. The first-order chi connectivity index (χ1) is 14.3. The molecule has 0 aromatic heterocycles. The van der Waals surface area contributed by atoms with Crippen LogP contribution in [-0.4, -0.2) is 33.2 Å². The Labute approximate surface area is 186 Å². The largest absolute Gasteiger partial charge is 0.497 e. The van der Waals surface area contributed by atoms with E-state index in [0.717, 1.165) is 12.8 Å². The zero-order chi connectivity index (χ0) is 22.1. The molecule has 2 aromatic carbocycles. The third-order valence-corrected chi connectivity index (χ3v) is 7.04. The summed E-state index contributed by atoms with van der Waals surface area (Å²) < 4.78 is 33.1. The van der Waals surface area contributed by atoms with Gasteiger partial charge >= 0.3 is 0 Å². The number of unbranched alkanes of at least 4 members (excludes halogenated alkanes) is 3. The van der Waals surface area contributed by atoms with E-state index in [0.29, 0.717) is 24.3 Å². The number of carbonyl (C=O) groups is 1. The van der Waals surface area contributed by atoms with Crippen molar-refractivity contribution in [2.24, 2.45) is 0 Å². The van der Waals surface area contributed by atoms with Crippen LogP contribution in [0.1, 0.15) is 32.1 Å². The van der Waals surface area contributed by atoms with E-state index in [-0.39, 0.29) is 27.9 Å². The van der Waals surface area contributed by atoms with Gasteiger partial charge in [-0.2, -0.15) is 0 Å². The fourth-order valence-electron chi connectivity index (χ4n) is 2.85. The molecule has 1 amide bonds. The molecule has 164 valence electrons. The van der Waals surface area contributed by atoms with Crippen LogP contribution in [-0.2, 0) is 14.8 Å². The second-order valence-corrected chi connectivity index (χ2v) is 9.23. The minimum atomic E-state index is -3.87. The number of halogens is 2. The fraction of sp³-hybridized carbons (Fsp3) is 0.350. The molecular weight excluding hydrogens is 451 g/mol. The topological polar surface area (TPSA) is 95.9 Å². The van der Waals surface area contributed by atoms with E-state index >= 15 is 0 Å². The van der Waals surface area contributed by atoms with Gasteiger partial charge in [-0.1, -0.05) is 36.0 Å². The van der Waals surface area contributed by atoms with Crippen LogP contribution < -0.4 is 14.5 Å². The Bertz CT molecular complexity index is 952. The molecule has 2 rings (SSSR count). The molecule has 2 N–H and O–H groups in total. The van der Waals surface area contributed by atoms with Crippen molar-refractivity contribution in [2.45, 2.75) is 37.0 Å². The molecule has 0 bridgehead atoms. The molecule has 0 saturated carbocycles. The van der Waals surface area contributed by atoms with Crippen LogP contribution in [0.15, 0.2) is 47.4 Å². The van der Waals surface area contributed by atoms with Crippen molar-refractivity contribution in [1.29, 1.82) is 0 Å². The molecule has 0 aliphatic rings. The average molecular weight is 475 g/mol. The van der Waals surface area contributed by atoms with Crippen LogP contribution in [0, 0.1) is 0 Å². The van der Waals surface area contributed by atoms with Gasteiger partial charge in [-0.3, -0.25) is 14.3 Å². The van der Waals surface area contributed by atoms with Gasteiger partial charge in [-0.15, -0.1) is 0 Å². The van der Waals surface area contributed by atoms with Crippen LogP contribution in [0.25, 0.3) is 0 Å². The van der Waals surface area contributed by atoms with Crippen molar-refractivity contribution in [3.05, 3.63) is 52.5 Å². The number of anilines is 1. The monoisotopic (exact) mass is 474 g/mol. The molecule has 0 heterocycles. The van der Waals surface area contributed by atoms with Crippen LogP contribution in [0.2, 0.25) is 10.0 Å². The molecule has 30 heavy (non-hydrogen) atoms. The van der Waals surface area contributed by atoms with Crippen LogP contribution in [0.4, 0.5) is 5.69 Å². The van der Waals surface area contributed by atoms with Gasteiger partial charge in [0.05, 0.1) is 27.7 Å². The summed E-state index contributed by atoms with van der Waals surface area (Å²) in [6.07, 6.45) is 2.88. The average Bonchev–Trinajstić information content (AvgIpc) is 2.74. The van der Waals surface area contributed by atoms with E-state index < -0.39 is 15.9 Å². The predicted octanol–water partition coefficient (Wildman–Crippen LogP) is 4.65. The minimum absolute atomic E-state index is 0.0485. The van der Waals surface area contributed by atoms with Gasteiger partial charge < -0.3 is 4.74 Å². The quantitative estimate of drug-likeness (QED) is 0.280. The molecule has 0 spiro atoms. The zero-order valence-electron chi connectivity index (χ0n) is 16.5. The van der Waals surface area contributed by atoms with Crippen LogP contribution >= 0.6 is 23.2 Å². The molecule has 2 aromatic rings. The number of hydrogen-bond acceptors (Lipinski definition) is 5. The lowest BCUT2D eigenvalue weighted by molar-refractivity contribution is -0.129. The van der Waals surface area contributed by atoms with Crippen LogP contribution in [0.3, 0.4) is 0 Å². The Morgan fingerprint density at radius 1 is 1.03 bits per heavy atom. The number of sulfonamides is 1. The van der Waals surface area contributed by atoms with Gasteiger partial charge in [0.2, 0.25) is 5.91 Å². The number of amides is 1. The number of methoxy groups -OCH3 is 1. The first-order valence-corrected chi connectivity index (χ1v) is 11.5. The Morgan fingerprint density at radius 2 is 1.70 bits per heavy atom.